The number of anilines is 3. The second-order valence-corrected chi connectivity index (χ2v) is 9.91. The predicted octanol–water partition coefficient (Wildman–Crippen LogP) is 8.38. The summed E-state index contributed by atoms with van der Waals surface area (Å²) in [5.74, 6) is 4.08. The van der Waals surface area contributed by atoms with E-state index in [0.29, 0.717) is 35.1 Å². The summed E-state index contributed by atoms with van der Waals surface area (Å²) in [5.41, 5.74) is 5.77. The number of nitrogen functional groups attached to an aromatic ring is 1. The largest absolute Gasteiger partial charge is 0.416 e. The zero-order chi connectivity index (χ0) is 32.9. The number of hydrogen-bond donors (Lipinski definition) is 4. The Kier molecular flexibility index (Phi) is 13.8. The van der Waals surface area contributed by atoms with Gasteiger partial charge in [-0.1, -0.05) is 65.4 Å². The summed E-state index contributed by atoms with van der Waals surface area (Å²) in [5, 5.41) is 14.5. The lowest BCUT2D eigenvalue weighted by atomic mass is 10.0. The fourth-order valence-electron chi connectivity index (χ4n) is 4.33. The monoisotopic (exact) mass is 612 g/mol. The minimum absolute atomic E-state index is 0.108. The number of unbranched alkanes of at least 4 members (excludes halogenated alkanes) is 2. The summed E-state index contributed by atoms with van der Waals surface area (Å²) in [6.45, 7) is 10.0. The molecule has 0 aliphatic heterocycles. The Labute approximate surface area is 256 Å². The standard InChI is InChI=1S/C31H34F4N6O.C2H6/c1-4-6-7-9-22(8-5-2)40-29-27(28(37)38-18-39-29)26(36)15-11-20-16-23(13-10-19(20)3)41-30(42)24-17-21(31(33,34)35)12-14-25(24)32;1-2/h10,12-14,16-18,22,36H,4-9H2,1-3H3,(H,41,42)(H3,37,38,39,40);1-2H3. The maximum Gasteiger partial charge on any atom is 0.416 e. The summed E-state index contributed by atoms with van der Waals surface area (Å²) in [7, 11) is 0. The van der Waals surface area contributed by atoms with Gasteiger partial charge >= 0.3 is 6.18 Å². The number of nitrogens with zero attached hydrogens (tertiary/aromatic N) is 2. The normalized spacial score (nSPS) is 11.4. The molecule has 0 saturated heterocycles. The molecule has 0 aliphatic carbocycles. The zero-order valence-electron chi connectivity index (χ0n) is 25.8. The molecule has 1 atom stereocenters. The van der Waals surface area contributed by atoms with Gasteiger partial charge in [0.2, 0.25) is 0 Å². The van der Waals surface area contributed by atoms with Crippen molar-refractivity contribution < 1.29 is 22.4 Å². The lowest BCUT2D eigenvalue weighted by Crippen LogP contribution is -2.22. The fourth-order valence-corrected chi connectivity index (χ4v) is 4.33. The van der Waals surface area contributed by atoms with E-state index in [2.05, 4.69) is 46.3 Å². The fraction of sp³-hybridized carbons (Fsp3) is 0.394. The first-order valence-electron chi connectivity index (χ1n) is 14.7. The molecule has 0 aliphatic rings. The van der Waals surface area contributed by atoms with Gasteiger partial charge in [-0.25, -0.2) is 14.4 Å². The maximum atomic E-state index is 14.2. The van der Waals surface area contributed by atoms with Crippen molar-refractivity contribution in [2.24, 2.45) is 0 Å². The number of aryl methyl sites for hydroxylation is 1. The molecule has 3 rings (SSSR count). The highest BCUT2D eigenvalue weighted by molar-refractivity contribution is 6.16. The van der Waals surface area contributed by atoms with Gasteiger partial charge < -0.3 is 16.4 Å². The molecule has 1 heterocycles. The average molecular weight is 613 g/mol. The van der Waals surface area contributed by atoms with E-state index in [9.17, 15) is 22.4 Å². The third-order valence-electron chi connectivity index (χ3n) is 6.62. The molecule has 1 amide bonds. The van der Waals surface area contributed by atoms with Crippen molar-refractivity contribution in [2.45, 2.75) is 85.4 Å². The van der Waals surface area contributed by atoms with E-state index in [-0.39, 0.29) is 28.8 Å². The molecular weight excluding hydrogens is 572 g/mol. The van der Waals surface area contributed by atoms with Crippen LogP contribution >= 0.6 is 0 Å². The van der Waals surface area contributed by atoms with Crippen LogP contribution in [0.3, 0.4) is 0 Å². The molecule has 0 radical (unpaired) electrons. The first kappa shape index (κ1) is 35.7. The molecule has 0 fully saturated rings. The van der Waals surface area contributed by atoms with E-state index in [4.69, 9.17) is 11.1 Å². The highest BCUT2D eigenvalue weighted by Gasteiger charge is 2.32. The Morgan fingerprint density at radius 3 is 2.43 bits per heavy atom. The number of nitrogens with one attached hydrogen (secondary N) is 3. The Bertz CT molecular complexity index is 1490. The Balaban J connectivity index is 0.00000330. The molecule has 44 heavy (non-hydrogen) atoms. The van der Waals surface area contributed by atoms with Gasteiger partial charge in [-0.2, -0.15) is 13.2 Å². The molecule has 5 N–H and O–H groups in total. The quantitative estimate of drug-likeness (QED) is 0.0751. The second kappa shape index (κ2) is 17.0. The van der Waals surface area contributed by atoms with E-state index in [1.165, 1.54) is 18.5 Å². The molecule has 0 bridgehead atoms. The van der Waals surface area contributed by atoms with E-state index in [1.54, 1.807) is 13.0 Å². The van der Waals surface area contributed by atoms with Crippen LogP contribution in [0.25, 0.3) is 0 Å². The number of carbonyl (C=O) groups excluding carboxylic acids is 1. The molecule has 236 valence electrons. The van der Waals surface area contributed by atoms with Gasteiger partial charge in [-0.05, 0) is 61.6 Å². The molecule has 2 aromatic carbocycles. The molecule has 0 spiro atoms. The molecule has 0 saturated carbocycles. The average Bonchev–Trinajstić information content (AvgIpc) is 2.98. The lowest BCUT2D eigenvalue weighted by molar-refractivity contribution is -0.137. The van der Waals surface area contributed by atoms with E-state index in [0.717, 1.165) is 38.5 Å². The SMILES string of the molecule is CC.CCCCCC(CCC)Nc1ncnc(N)c1C(=N)C#Cc1cc(NC(=O)c2cc(C(F)(F)F)ccc2F)ccc1C. The van der Waals surface area contributed by atoms with Crippen LogP contribution in [0.4, 0.5) is 34.9 Å². The zero-order valence-corrected chi connectivity index (χ0v) is 25.8. The third kappa shape index (κ3) is 10.1. The van der Waals surface area contributed by atoms with Gasteiger partial charge in [-0.15, -0.1) is 0 Å². The lowest BCUT2D eigenvalue weighted by Gasteiger charge is -2.20. The van der Waals surface area contributed by atoms with Crippen molar-refractivity contribution in [3.8, 4) is 11.8 Å². The van der Waals surface area contributed by atoms with Crippen molar-refractivity contribution in [3.63, 3.8) is 0 Å². The topological polar surface area (TPSA) is 117 Å². The molecule has 7 nitrogen and oxygen atoms in total. The van der Waals surface area contributed by atoms with E-state index in [1.807, 2.05) is 13.8 Å². The van der Waals surface area contributed by atoms with E-state index < -0.39 is 29.0 Å². The van der Waals surface area contributed by atoms with Crippen molar-refractivity contribution in [2.75, 3.05) is 16.4 Å². The van der Waals surface area contributed by atoms with Gasteiger partial charge in [0.05, 0.1) is 16.7 Å². The first-order chi connectivity index (χ1) is 20.9. The number of alkyl halides is 3. The minimum Gasteiger partial charge on any atom is -0.383 e. The summed E-state index contributed by atoms with van der Waals surface area (Å²) < 4.78 is 53.4. The number of hydrogen-bond acceptors (Lipinski definition) is 6. The number of nitrogens with two attached hydrogens (primary N) is 1. The summed E-state index contributed by atoms with van der Waals surface area (Å²) in [6, 6.07) is 6.45. The maximum absolute atomic E-state index is 14.2. The van der Waals surface area contributed by atoms with Crippen LogP contribution in [0, 0.1) is 30.0 Å². The van der Waals surface area contributed by atoms with E-state index >= 15 is 0 Å². The van der Waals surface area contributed by atoms with Crippen LogP contribution in [0.2, 0.25) is 0 Å². The number of aromatic nitrogens is 2. The first-order valence-corrected chi connectivity index (χ1v) is 14.7. The van der Waals surface area contributed by atoms with Crippen molar-refractivity contribution in [1.82, 2.24) is 9.97 Å². The Hall–Kier alpha value is -4.46. The van der Waals surface area contributed by atoms with Crippen LogP contribution in [-0.2, 0) is 6.18 Å². The van der Waals surface area contributed by atoms with Crippen LogP contribution in [-0.4, -0.2) is 27.6 Å². The summed E-state index contributed by atoms with van der Waals surface area (Å²) in [4.78, 5) is 21.0. The van der Waals surface area contributed by atoms with Crippen molar-refractivity contribution in [3.05, 3.63) is 76.4 Å². The molecular formula is C33H40F4N6O. The Morgan fingerprint density at radius 2 is 1.77 bits per heavy atom. The van der Waals surface area contributed by atoms with Gasteiger partial charge in [0.15, 0.2) is 0 Å². The number of halogens is 4. The second-order valence-electron chi connectivity index (χ2n) is 9.91. The van der Waals surface area contributed by atoms with Crippen molar-refractivity contribution in [1.29, 1.82) is 5.41 Å². The van der Waals surface area contributed by atoms with Crippen LogP contribution in [0.1, 0.15) is 98.8 Å². The number of carbonyl (C=O) groups is 1. The minimum atomic E-state index is -4.73. The molecule has 11 heteroatoms. The number of amides is 1. The van der Waals surface area contributed by atoms with Crippen LogP contribution in [0.5, 0.6) is 0 Å². The van der Waals surface area contributed by atoms with Gasteiger partial charge in [0.1, 0.15) is 29.5 Å². The summed E-state index contributed by atoms with van der Waals surface area (Å²) >= 11 is 0. The van der Waals surface area contributed by atoms with Crippen LogP contribution < -0.4 is 16.4 Å². The van der Waals surface area contributed by atoms with Gasteiger partial charge in [0, 0.05) is 17.3 Å². The summed E-state index contributed by atoms with van der Waals surface area (Å²) in [6.07, 6.45) is 2.75. The Morgan fingerprint density at radius 1 is 1.05 bits per heavy atom. The van der Waals surface area contributed by atoms with Gasteiger partial charge in [0.25, 0.3) is 5.91 Å². The smallest absolute Gasteiger partial charge is 0.383 e. The predicted molar refractivity (Wildman–Crippen MR) is 168 cm³/mol. The van der Waals surface area contributed by atoms with Crippen LogP contribution in [0.15, 0.2) is 42.7 Å². The number of benzene rings is 2. The van der Waals surface area contributed by atoms with Gasteiger partial charge in [-0.3, -0.25) is 10.2 Å². The molecule has 1 aromatic heterocycles. The van der Waals surface area contributed by atoms with Crippen molar-refractivity contribution >= 4 is 28.9 Å². The third-order valence-corrected chi connectivity index (χ3v) is 6.62. The molecule has 1 unspecified atom stereocenters. The number of rotatable bonds is 11. The molecule has 3 aromatic rings. The highest BCUT2D eigenvalue weighted by atomic mass is 19.4. The highest BCUT2D eigenvalue weighted by Crippen LogP contribution is 2.30.